The number of hydrogen-bond donors (Lipinski definition) is 1. The highest BCUT2D eigenvalue weighted by atomic mass is 32.2. The summed E-state index contributed by atoms with van der Waals surface area (Å²) < 4.78 is 69.2. The Kier molecular flexibility index (Phi) is 5.72. The second-order valence-electron chi connectivity index (χ2n) is 7.85. The Morgan fingerprint density at radius 3 is 2.34 bits per heavy atom. The molecule has 0 bridgehead atoms. The van der Waals surface area contributed by atoms with Gasteiger partial charge in [0.15, 0.2) is 0 Å². The highest BCUT2D eigenvalue weighted by Crippen LogP contribution is 2.34. The summed E-state index contributed by atoms with van der Waals surface area (Å²) in [5.41, 5.74) is 3.06. The zero-order chi connectivity index (χ0) is 23.1. The van der Waals surface area contributed by atoms with Crippen LogP contribution in [0.15, 0.2) is 70.5 Å². The number of nitrogens with zero attached hydrogens (tertiary/aromatic N) is 1. The van der Waals surface area contributed by atoms with E-state index in [9.17, 15) is 21.2 Å². The minimum Gasteiger partial charge on any atom is -0.280 e. The number of fused-ring (bicyclic) bond motifs is 1. The van der Waals surface area contributed by atoms with Crippen LogP contribution in [0.3, 0.4) is 0 Å². The average Bonchev–Trinajstić information content (AvgIpc) is 2.74. The van der Waals surface area contributed by atoms with Gasteiger partial charge in [0, 0.05) is 12.2 Å². The molecule has 0 fully saturated rings. The number of hydrogen-bond acceptors (Lipinski definition) is 4. The van der Waals surface area contributed by atoms with Gasteiger partial charge in [0.25, 0.3) is 20.0 Å². The summed E-state index contributed by atoms with van der Waals surface area (Å²) in [6.45, 7) is 3.85. The molecule has 4 rings (SSSR count). The van der Waals surface area contributed by atoms with Gasteiger partial charge in [-0.2, -0.15) is 0 Å². The summed E-state index contributed by atoms with van der Waals surface area (Å²) in [4.78, 5) is 0.210. The van der Waals surface area contributed by atoms with Crippen molar-refractivity contribution in [2.75, 3.05) is 15.6 Å². The molecule has 3 aromatic rings. The predicted octanol–water partition coefficient (Wildman–Crippen LogP) is 4.38. The molecule has 0 amide bonds. The maximum absolute atomic E-state index is 13.2. The standard InChI is InChI=1S/C23H23FN2O4S2/c1-16-5-6-17(2)23(14-16)31(27,28)25-20-9-12-22-18(15-20)4-3-13-26(22)32(29,30)21-10-7-19(24)8-11-21/h5-12,14-15,25H,3-4,13H2,1-2H3. The van der Waals surface area contributed by atoms with E-state index in [1.54, 1.807) is 37.3 Å². The van der Waals surface area contributed by atoms with Crippen LogP contribution in [0.5, 0.6) is 0 Å². The highest BCUT2D eigenvalue weighted by Gasteiger charge is 2.29. The van der Waals surface area contributed by atoms with Crippen molar-refractivity contribution in [1.29, 1.82) is 0 Å². The molecule has 0 radical (unpaired) electrons. The molecule has 0 aromatic heterocycles. The first-order valence-electron chi connectivity index (χ1n) is 10.1. The SMILES string of the molecule is Cc1ccc(C)c(S(=O)(=O)Nc2ccc3c(c2)CCCN3S(=O)(=O)c2ccc(F)cc2)c1. The van der Waals surface area contributed by atoms with Gasteiger partial charge in [-0.05, 0) is 91.9 Å². The maximum Gasteiger partial charge on any atom is 0.264 e. The van der Waals surface area contributed by atoms with Crippen LogP contribution in [0.2, 0.25) is 0 Å². The summed E-state index contributed by atoms with van der Waals surface area (Å²) >= 11 is 0. The zero-order valence-corrected chi connectivity index (χ0v) is 19.3. The lowest BCUT2D eigenvalue weighted by atomic mass is 10.0. The quantitative estimate of drug-likeness (QED) is 0.595. The minimum atomic E-state index is -3.87. The number of sulfonamides is 2. The second kappa shape index (κ2) is 8.22. The summed E-state index contributed by atoms with van der Waals surface area (Å²) in [5.74, 6) is -0.510. The van der Waals surface area contributed by atoms with Crippen LogP contribution < -0.4 is 9.03 Å². The number of halogens is 1. The maximum atomic E-state index is 13.2. The second-order valence-corrected chi connectivity index (χ2v) is 11.4. The predicted molar refractivity (Wildman–Crippen MR) is 122 cm³/mol. The van der Waals surface area contributed by atoms with E-state index in [4.69, 9.17) is 0 Å². The van der Waals surface area contributed by atoms with Crippen LogP contribution in [0.1, 0.15) is 23.1 Å². The van der Waals surface area contributed by atoms with E-state index < -0.39 is 25.9 Å². The lowest BCUT2D eigenvalue weighted by molar-refractivity contribution is 0.585. The molecule has 0 atom stereocenters. The van der Waals surface area contributed by atoms with Gasteiger partial charge in [0.1, 0.15) is 5.82 Å². The van der Waals surface area contributed by atoms with Crippen molar-refractivity contribution in [2.45, 2.75) is 36.5 Å². The van der Waals surface area contributed by atoms with E-state index in [1.807, 2.05) is 13.0 Å². The number of aryl methyl sites for hydroxylation is 3. The molecule has 0 saturated carbocycles. The molecule has 0 saturated heterocycles. The van der Waals surface area contributed by atoms with Gasteiger partial charge in [-0.15, -0.1) is 0 Å². The van der Waals surface area contributed by atoms with Crippen molar-refractivity contribution in [3.8, 4) is 0 Å². The summed E-state index contributed by atoms with van der Waals surface area (Å²) in [5, 5.41) is 0. The molecule has 1 aliphatic rings. The Balaban J connectivity index is 1.66. The van der Waals surface area contributed by atoms with Gasteiger partial charge in [-0.3, -0.25) is 9.03 Å². The first-order valence-corrected chi connectivity index (χ1v) is 13.0. The van der Waals surface area contributed by atoms with Gasteiger partial charge in [0.05, 0.1) is 15.5 Å². The van der Waals surface area contributed by atoms with E-state index in [2.05, 4.69) is 4.72 Å². The number of anilines is 2. The fraction of sp³-hybridized carbons (Fsp3) is 0.217. The molecule has 0 unspecified atom stereocenters. The van der Waals surface area contributed by atoms with Crippen LogP contribution >= 0.6 is 0 Å². The van der Waals surface area contributed by atoms with Crippen LogP contribution in [-0.4, -0.2) is 23.4 Å². The van der Waals surface area contributed by atoms with E-state index in [0.29, 0.717) is 36.3 Å². The molecule has 168 valence electrons. The van der Waals surface area contributed by atoms with E-state index >= 15 is 0 Å². The monoisotopic (exact) mass is 474 g/mol. The molecular weight excluding hydrogens is 451 g/mol. The molecule has 0 spiro atoms. The fourth-order valence-electron chi connectivity index (χ4n) is 3.82. The van der Waals surface area contributed by atoms with Crippen molar-refractivity contribution in [3.63, 3.8) is 0 Å². The van der Waals surface area contributed by atoms with Gasteiger partial charge in [0.2, 0.25) is 0 Å². The number of rotatable bonds is 5. The van der Waals surface area contributed by atoms with Crippen molar-refractivity contribution in [3.05, 3.63) is 83.2 Å². The van der Waals surface area contributed by atoms with Crippen LogP contribution in [0, 0.1) is 19.7 Å². The smallest absolute Gasteiger partial charge is 0.264 e. The van der Waals surface area contributed by atoms with Crippen molar-refractivity contribution in [1.82, 2.24) is 0 Å². The molecule has 0 aliphatic carbocycles. The van der Waals surface area contributed by atoms with Crippen LogP contribution in [0.4, 0.5) is 15.8 Å². The first kappa shape index (κ1) is 22.3. The highest BCUT2D eigenvalue weighted by molar-refractivity contribution is 7.93. The van der Waals surface area contributed by atoms with Crippen molar-refractivity contribution in [2.24, 2.45) is 0 Å². The summed E-state index contributed by atoms with van der Waals surface area (Å²) in [7, 11) is -7.66. The lowest BCUT2D eigenvalue weighted by Gasteiger charge is -2.31. The lowest BCUT2D eigenvalue weighted by Crippen LogP contribution is -2.35. The zero-order valence-electron chi connectivity index (χ0n) is 17.7. The molecule has 1 aliphatic heterocycles. The van der Waals surface area contributed by atoms with Gasteiger partial charge in [-0.25, -0.2) is 21.2 Å². The molecule has 32 heavy (non-hydrogen) atoms. The van der Waals surface area contributed by atoms with Crippen molar-refractivity contribution < 1.29 is 21.2 Å². The normalized spacial score (nSPS) is 14.2. The fourth-order valence-corrected chi connectivity index (χ4v) is 6.74. The number of nitrogens with one attached hydrogen (secondary N) is 1. The number of benzene rings is 3. The third-order valence-electron chi connectivity index (χ3n) is 5.44. The Labute approximate surface area is 187 Å². The van der Waals surface area contributed by atoms with E-state index in [1.165, 1.54) is 16.4 Å². The summed E-state index contributed by atoms with van der Waals surface area (Å²) in [6, 6.07) is 14.8. The topological polar surface area (TPSA) is 83.6 Å². The van der Waals surface area contributed by atoms with Crippen LogP contribution in [0.25, 0.3) is 0 Å². The Hall–Kier alpha value is -2.91. The van der Waals surface area contributed by atoms with Gasteiger partial charge in [-0.1, -0.05) is 12.1 Å². The Morgan fingerprint density at radius 2 is 1.62 bits per heavy atom. The summed E-state index contributed by atoms with van der Waals surface area (Å²) in [6.07, 6.45) is 1.20. The minimum absolute atomic E-state index is 0.00597. The van der Waals surface area contributed by atoms with Gasteiger partial charge < -0.3 is 0 Å². The van der Waals surface area contributed by atoms with E-state index in [0.717, 1.165) is 23.3 Å². The molecule has 3 aromatic carbocycles. The molecule has 1 heterocycles. The average molecular weight is 475 g/mol. The third-order valence-corrected chi connectivity index (χ3v) is 8.79. The van der Waals surface area contributed by atoms with Crippen LogP contribution in [-0.2, 0) is 26.5 Å². The van der Waals surface area contributed by atoms with Gasteiger partial charge >= 0.3 is 0 Å². The molecule has 1 N–H and O–H groups in total. The van der Waals surface area contributed by atoms with Crippen molar-refractivity contribution >= 4 is 31.4 Å². The molecule has 9 heteroatoms. The van der Waals surface area contributed by atoms with E-state index in [-0.39, 0.29) is 9.79 Å². The third kappa shape index (κ3) is 4.22. The Morgan fingerprint density at radius 1 is 0.906 bits per heavy atom. The molecule has 6 nitrogen and oxygen atoms in total. The first-order chi connectivity index (χ1) is 15.1. The molecular formula is C23H23FN2O4S2. The largest absolute Gasteiger partial charge is 0.280 e. The Bertz CT molecular complexity index is 1390.